The van der Waals surface area contributed by atoms with E-state index in [2.05, 4.69) is 10.6 Å². The van der Waals surface area contributed by atoms with E-state index in [0.717, 1.165) is 6.42 Å². The Labute approximate surface area is 119 Å². The van der Waals surface area contributed by atoms with Crippen LogP contribution < -0.4 is 10.6 Å². The van der Waals surface area contributed by atoms with Gasteiger partial charge in [0.15, 0.2) is 0 Å². The summed E-state index contributed by atoms with van der Waals surface area (Å²) in [5, 5.41) is 14.3. The lowest BCUT2D eigenvalue weighted by molar-refractivity contribution is -0.144. The largest absolute Gasteiger partial charge is 0.481 e. The molecule has 0 heterocycles. The molecular formula is C14H24N2O4. The lowest BCUT2D eigenvalue weighted by Gasteiger charge is -2.26. The van der Waals surface area contributed by atoms with Gasteiger partial charge in [0, 0.05) is 12.5 Å². The zero-order valence-electron chi connectivity index (χ0n) is 12.1. The molecule has 1 fully saturated rings. The van der Waals surface area contributed by atoms with E-state index in [0.29, 0.717) is 32.2 Å². The first-order valence-corrected chi connectivity index (χ1v) is 7.26. The number of hydrogen-bond acceptors (Lipinski definition) is 3. The predicted octanol–water partition coefficient (Wildman–Crippen LogP) is 0.908. The number of amides is 2. The Kier molecular flexibility index (Phi) is 6.48. The van der Waals surface area contributed by atoms with Crippen molar-refractivity contribution in [3.05, 3.63) is 0 Å². The molecule has 1 aliphatic rings. The smallest absolute Gasteiger partial charge is 0.306 e. The summed E-state index contributed by atoms with van der Waals surface area (Å²) in [7, 11) is 0. The number of rotatable bonds is 6. The van der Waals surface area contributed by atoms with Crippen LogP contribution in [0.2, 0.25) is 0 Å². The second-order valence-corrected chi connectivity index (χ2v) is 5.41. The van der Waals surface area contributed by atoms with Crippen LogP contribution >= 0.6 is 0 Å². The molecular weight excluding hydrogens is 260 g/mol. The van der Waals surface area contributed by atoms with E-state index in [1.807, 2.05) is 6.92 Å². The number of carbonyl (C=O) groups excluding carboxylic acids is 2. The number of carbonyl (C=O) groups is 3. The van der Waals surface area contributed by atoms with Crippen molar-refractivity contribution in [3.63, 3.8) is 0 Å². The third kappa shape index (κ3) is 4.83. The number of nitrogens with one attached hydrogen (secondary N) is 2. The van der Waals surface area contributed by atoms with Crippen molar-refractivity contribution < 1.29 is 19.5 Å². The molecule has 6 nitrogen and oxygen atoms in total. The van der Waals surface area contributed by atoms with Crippen LogP contribution in [0.1, 0.15) is 46.0 Å². The minimum atomic E-state index is -0.781. The second-order valence-electron chi connectivity index (χ2n) is 5.41. The van der Waals surface area contributed by atoms with Gasteiger partial charge in [-0.3, -0.25) is 14.4 Å². The summed E-state index contributed by atoms with van der Waals surface area (Å²) < 4.78 is 0. The minimum Gasteiger partial charge on any atom is -0.481 e. The summed E-state index contributed by atoms with van der Waals surface area (Å²) in [6, 6.07) is -0.550. The molecule has 0 bridgehead atoms. The van der Waals surface area contributed by atoms with Crippen molar-refractivity contribution in [2.24, 2.45) is 11.8 Å². The van der Waals surface area contributed by atoms with Crippen LogP contribution in [0, 0.1) is 11.8 Å². The molecule has 0 spiro atoms. The molecule has 0 aromatic heterocycles. The third-order valence-corrected chi connectivity index (χ3v) is 3.75. The predicted molar refractivity (Wildman–Crippen MR) is 74.0 cm³/mol. The van der Waals surface area contributed by atoms with Gasteiger partial charge in [0.2, 0.25) is 11.8 Å². The SMILES string of the molecule is CCCNC(=O)C(C)NC(=O)C1CCC(C(=O)O)CC1. The van der Waals surface area contributed by atoms with Gasteiger partial charge in [0.1, 0.15) is 6.04 Å². The van der Waals surface area contributed by atoms with Gasteiger partial charge in [0.25, 0.3) is 0 Å². The van der Waals surface area contributed by atoms with Crippen molar-refractivity contribution in [1.29, 1.82) is 0 Å². The summed E-state index contributed by atoms with van der Waals surface area (Å²) >= 11 is 0. The lowest BCUT2D eigenvalue weighted by atomic mass is 9.81. The summed E-state index contributed by atoms with van der Waals surface area (Å²) in [5.74, 6) is -1.61. The number of carboxylic acid groups (broad SMARTS) is 1. The van der Waals surface area contributed by atoms with Crippen LogP contribution in [0.15, 0.2) is 0 Å². The second kappa shape index (κ2) is 7.87. The molecule has 6 heteroatoms. The number of aliphatic carboxylic acids is 1. The fraction of sp³-hybridized carbons (Fsp3) is 0.786. The Morgan fingerprint density at radius 2 is 1.70 bits per heavy atom. The van der Waals surface area contributed by atoms with Crippen LogP contribution in [0.3, 0.4) is 0 Å². The molecule has 20 heavy (non-hydrogen) atoms. The van der Waals surface area contributed by atoms with E-state index in [4.69, 9.17) is 5.11 Å². The van der Waals surface area contributed by atoms with Gasteiger partial charge in [0.05, 0.1) is 5.92 Å². The first-order valence-electron chi connectivity index (χ1n) is 7.26. The molecule has 1 unspecified atom stereocenters. The molecule has 1 aliphatic carbocycles. The summed E-state index contributed by atoms with van der Waals surface area (Å²) in [4.78, 5) is 34.5. The van der Waals surface area contributed by atoms with Gasteiger partial charge >= 0.3 is 5.97 Å². The molecule has 114 valence electrons. The fourth-order valence-electron chi connectivity index (χ4n) is 2.40. The Balaban J connectivity index is 2.36. The van der Waals surface area contributed by atoms with Crippen molar-refractivity contribution in [2.45, 2.75) is 52.0 Å². The highest BCUT2D eigenvalue weighted by Gasteiger charge is 2.30. The van der Waals surface area contributed by atoms with Crippen LogP contribution in [-0.4, -0.2) is 35.5 Å². The van der Waals surface area contributed by atoms with Crippen molar-refractivity contribution >= 4 is 17.8 Å². The summed E-state index contributed by atoms with van der Waals surface area (Å²) in [6.45, 7) is 4.22. The first-order chi connectivity index (χ1) is 9.45. The van der Waals surface area contributed by atoms with E-state index in [1.165, 1.54) is 0 Å². The maximum Gasteiger partial charge on any atom is 0.306 e. The average molecular weight is 284 g/mol. The van der Waals surface area contributed by atoms with Crippen LogP contribution in [0.25, 0.3) is 0 Å². The van der Waals surface area contributed by atoms with E-state index < -0.39 is 12.0 Å². The quantitative estimate of drug-likeness (QED) is 0.675. The third-order valence-electron chi connectivity index (χ3n) is 3.75. The topological polar surface area (TPSA) is 95.5 Å². The van der Waals surface area contributed by atoms with Gasteiger partial charge in [-0.1, -0.05) is 6.92 Å². The molecule has 0 aliphatic heterocycles. The average Bonchev–Trinajstić information content (AvgIpc) is 2.44. The fourth-order valence-corrected chi connectivity index (χ4v) is 2.40. The zero-order chi connectivity index (χ0) is 15.1. The molecule has 0 saturated heterocycles. The lowest BCUT2D eigenvalue weighted by Crippen LogP contribution is -2.47. The zero-order valence-corrected chi connectivity index (χ0v) is 12.1. The van der Waals surface area contributed by atoms with Gasteiger partial charge in [-0.15, -0.1) is 0 Å². The standard InChI is InChI=1S/C14H24N2O4/c1-3-8-15-12(17)9(2)16-13(18)10-4-6-11(7-5-10)14(19)20/h9-11H,3-8H2,1-2H3,(H,15,17)(H,16,18)(H,19,20). The highest BCUT2D eigenvalue weighted by Crippen LogP contribution is 2.29. The molecule has 1 saturated carbocycles. The van der Waals surface area contributed by atoms with Gasteiger partial charge in [-0.05, 0) is 39.0 Å². The number of carboxylic acids is 1. The molecule has 1 rings (SSSR count). The maximum atomic E-state index is 12.0. The minimum absolute atomic E-state index is 0.145. The normalized spacial score (nSPS) is 23.7. The van der Waals surface area contributed by atoms with Gasteiger partial charge in [-0.25, -0.2) is 0 Å². The van der Waals surface area contributed by atoms with Crippen LogP contribution in [-0.2, 0) is 14.4 Å². The van der Waals surface area contributed by atoms with Crippen molar-refractivity contribution in [2.75, 3.05) is 6.54 Å². The van der Waals surface area contributed by atoms with Crippen molar-refractivity contribution in [1.82, 2.24) is 10.6 Å². The van der Waals surface area contributed by atoms with E-state index in [-0.39, 0.29) is 23.7 Å². The molecule has 1 atom stereocenters. The Morgan fingerprint density at radius 3 is 2.20 bits per heavy atom. The molecule has 0 radical (unpaired) electrons. The van der Waals surface area contributed by atoms with Gasteiger partial charge < -0.3 is 15.7 Å². The number of hydrogen-bond donors (Lipinski definition) is 3. The summed E-state index contributed by atoms with van der Waals surface area (Å²) in [5.41, 5.74) is 0. The van der Waals surface area contributed by atoms with E-state index in [1.54, 1.807) is 6.92 Å². The van der Waals surface area contributed by atoms with E-state index >= 15 is 0 Å². The first kappa shape index (κ1) is 16.5. The Morgan fingerprint density at radius 1 is 1.15 bits per heavy atom. The molecule has 0 aromatic carbocycles. The monoisotopic (exact) mass is 284 g/mol. The van der Waals surface area contributed by atoms with Crippen LogP contribution in [0.5, 0.6) is 0 Å². The van der Waals surface area contributed by atoms with Crippen LogP contribution in [0.4, 0.5) is 0 Å². The molecule has 3 N–H and O–H groups in total. The maximum absolute atomic E-state index is 12.0. The van der Waals surface area contributed by atoms with Gasteiger partial charge in [-0.2, -0.15) is 0 Å². The molecule has 0 aromatic rings. The Bertz CT molecular complexity index is 362. The Hall–Kier alpha value is -1.59. The summed E-state index contributed by atoms with van der Waals surface area (Å²) in [6.07, 6.45) is 3.07. The van der Waals surface area contributed by atoms with E-state index in [9.17, 15) is 14.4 Å². The highest BCUT2D eigenvalue weighted by atomic mass is 16.4. The highest BCUT2D eigenvalue weighted by molar-refractivity contribution is 5.88. The van der Waals surface area contributed by atoms with Crippen molar-refractivity contribution in [3.8, 4) is 0 Å². The molecule has 2 amide bonds.